The van der Waals surface area contributed by atoms with E-state index >= 15 is 0 Å². The molecule has 0 radical (unpaired) electrons. The second-order valence-electron chi connectivity index (χ2n) is 9.78. The monoisotopic (exact) mass is 501 g/mol. The molecule has 8 rings (SSSR count). The van der Waals surface area contributed by atoms with Crippen LogP contribution >= 0.6 is 11.3 Å². The summed E-state index contributed by atoms with van der Waals surface area (Å²) in [6.45, 7) is 0. The highest BCUT2D eigenvalue weighted by Crippen LogP contribution is 2.42. The zero-order valence-corrected chi connectivity index (χ0v) is 21.5. The van der Waals surface area contributed by atoms with Crippen molar-refractivity contribution in [1.29, 1.82) is 0 Å². The Bertz CT molecular complexity index is 2020. The van der Waals surface area contributed by atoms with E-state index in [-0.39, 0.29) is 0 Å². The number of nitrogens with zero attached hydrogens (tertiary/aromatic N) is 1. The Morgan fingerprint density at radius 3 is 1.58 bits per heavy atom. The molecule has 6 aromatic carbocycles. The maximum absolute atomic E-state index is 2.46. The summed E-state index contributed by atoms with van der Waals surface area (Å²) in [5.41, 5.74) is 8.65. The highest BCUT2D eigenvalue weighted by Gasteiger charge is 2.17. The van der Waals surface area contributed by atoms with E-state index in [1.807, 2.05) is 11.3 Å². The molecule has 0 saturated carbocycles. The van der Waals surface area contributed by atoms with Gasteiger partial charge in [-0.1, -0.05) is 103 Å². The Morgan fingerprint density at radius 2 is 0.947 bits per heavy atom. The van der Waals surface area contributed by atoms with E-state index in [1.165, 1.54) is 69.9 Å². The lowest BCUT2D eigenvalue weighted by molar-refractivity contribution is 1.20. The number of hydrogen-bond donors (Lipinski definition) is 0. The third kappa shape index (κ3) is 3.24. The first kappa shape index (κ1) is 21.4. The van der Waals surface area contributed by atoms with Gasteiger partial charge in [-0.15, -0.1) is 11.3 Å². The van der Waals surface area contributed by atoms with Crippen molar-refractivity contribution >= 4 is 53.3 Å². The van der Waals surface area contributed by atoms with E-state index in [9.17, 15) is 0 Å². The molecular formula is C36H23NS. The summed E-state index contributed by atoms with van der Waals surface area (Å²) in [6.07, 6.45) is 0. The SMILES string of the molecule is c1ccc(-c2ccc3c(c2)c2cc(-c4ccccc4)ccc2n3-c2cccc3c2sc2ccccc23)cc1. The predicted octanol–water partition coefficient (Wildman–Crippen LogP) is 10.5. The third-order valence-corrected chi connectivity index (χ3v) is 8.81. The van der Waals surface area contributed by atoms with E-state index in [0.717, 1.165) is 0 Å². The minimum absolute atomic E-state index is 1.23. The standard InChI is InChI=1S/C36H23NS/c1-3-10-24(11-4-1)26-18-20-32-30(22-26)31-23-27(25-12-5-2-6-13-25)19-21-33(31)37(32)34-16-9-15-29-28-14-7-8-17-35(28)38-36(29)34/h1-23H. The van der Waals surface area contributed by atoms with E-state index < -0.39 is 0 Å². The maximum Gasteiger partial charge on any atom is 0.0640 e. The first-order valence-electron chi connectivity index (χ1n) is 12.9. The van der Waals surface area contributed by atoms with Crippen LogP contribution in [-0.2, 0) is 0 Å². The van der Waals surface area contributed by atoms with Crippen molar-refractivity contribution in [3.63, 3.8) is 0 Å². The molecule has 2 heteroatoms. The predicted molar refractivity (Wildman–Crippen MR) is 165 cm³/mol. The Balaban J connectivity index is 1.47. The molecule has 1 nitrogen and oxygen atoms in total. The lowest BCUT2D eigenvalue weighted by Crippen LogP contribution is -1.94. The molecule has 0 bridgehead atoms. The van der Waals surface area contributed by atoms with E-state index in [0.29, 0.717) is 0 Å². The lowest BCUT2D eigenvalue weighted by atomic mass is 10.0. The van der Waals surface area contributed by atoms with Gasteiger partial charge in [0.25, 0.3) is 0 Å². The van der Waals surface area contributed by atoms with Crippen molar-refractivity contribution in [1.82, 2.24) is 4.57 Å². The molecule has 0 spiro atoms. The first-order valence-corrected chi connectivity index (χ1v) is 13.8. The molecule has 0 aliphatic carbocycles. The zero-order chi connectivity index (χ0) is 25.1. The second-order valence-corrected chi connectivity index (χ2v) is 10.8. The molecule has 38 heavy (non-hydrogen) atoms. The van der Waals surface area contributed by atoms with Gasteiger partial charge in [-0.05, 0) is 58.7 Å². The normalized spacial score (nSPS) is 11.7. The molecular weight excluding hydrogens is 478 g/mol. The van der Waals surface area contributed by atoms with Crippen molar-refractivity contribution in [2.24, 2.45) is 0 Å². The van der Waals surface area contributed by atoms with E-state index in [4.69, 9.17) is 0 Å². The molecule has 0 atom stereocenters. The summed E-state index contributed by atoms with van der Waals surface area (Å²) in [7, 11) is 0. The van der Waals surface area contributed by atoms with Crippen LogP contribution < -0.4 is 0 Å². The van der Waals surface area contributed by atoms with Gasteiger partial charge in [-0.3, -0.25) is 0 Å². The number of fused-ring (bicyclic) bond motifs is 6. The molecule has 2 heterocycles. The lowest BCUT2D eigenvalue weighted by Gasteiger charge is -2.10. The zero-order valence-electron chi connectivity index (χ0n) is 20.6. The van der Waals surface area contributed by atoms with Gasteiger partial charge in [0.05, 0.1) is 21.4 Å². The highest BCUT2D eigenvalue weighted by atomic mass is 32.1. The minimum Gasteiger partial charge on any atom is -0.308 e. The van der Waals surface area contributed by atoms with Gasteiger partial charge in [-0.25, -0.2) is 0 Å². The minimum atomic E-state index is 1.23. The summed E-state index contributed by atoms with van der Waals surface area (Å²) < 4.78 is 5.12. The van der Waals surface area contributed by atoms with Gasteiger partial charge in [0.1, 0.15) is 0 Å². The summed E-state index contributed by atoms with van der Waals surface area (Å²) in [6, 6.07) is 50.7. The van der Waals surface area contributed by atoms with Crippen LogP contribution in [0.25, 0.3) is 69.9 Å². The van der Waals surface area contributed by atoms with E-state index in [2.05, 4.69) is 144 Å². The van der Waals surface area contributed by atoms with Crippen molar-refractivity contribution < 1.29 is 0 Å². The van der Waals surface area contributed by atoms with Crippen molar-refractivity contribution in [3.8, 4) is 27.9 Å². The van der Waals surface area contributed by atoms with Crippen LogP contribution in [0.15, 0.2) is 140 Å². The molecule has 178 valence electrons. The Labute approximate surface area is 224 Å². The van der Waals surface area contributed by atoms with Crippen molar-refractivity contribution in [2.45, 2.75) is 0 Å². The molecule has 8 aromatic rings. The summed E-state index contributed by atoms with van der Waals surface area (Å²) >= 11 is 1.88. The quantitative estimate of drug-likeness (QED) is 0.227. The molecule has 2 aromatic heterocycles. The fourth-order valence-electron chi connectivity index (χ4n) is 5.81. The fraction of sp³-hybridized carbons (Fsp3) is 0. The summed E-state index contributed by atoms with van der Waals surface area (Å²) in [5.74, 6) is 0. The van der Waals surface area contributed by atoms with Gasteiger partial charge >= 0.3 is 0 Å². The van der Waals surface area contributed by atoms with Crippen LogP contribution in [0.1, 0.15) is 0 Å². The molecule has 0 amide bonds. The van der Waals surface area contributed by atoms with Gasteiger partial charge in [-0.2, -0.15) is 0 Å². The van der Waals surface area contributed by atoms with Crippen LogP contribution in [0.4, 0.5) is 0 Å². The molecule has 0 aliphatic rings. The van der Waals surface area contributed by atoms with Crippen LogP contribution in [0, 0.1) is 0 Å². The smallest absolute Gasteiger partial charge is 0.0640 e. The molecule has 0 aliphatic heterocycles. The average Bonchev–Trinajstić information content (AvgIpc) is 3.53. The van der Waals surface area contributed by atoms with Gasteiger partial charge in [0, 0.05) is 26.2 Å². The number of thiophene rings is 1. The highest BCUT2D eigenvalue weighted by molar-refractivity contribution is 7.26. The summed E-state index contributed by atoms with van der Waals surface area (Å²) in [4.78, 5) is 0. The van der Waals surface area contributed by atoms with Crippen LogP contribution in [-0.4, -0.2) is 4.57 Å². The van der Waals surface area contributed by atoms with Gasteiger partial charge in [0.2, 0.25) is 0 Å². The number of aromatic nitrogens is 1. The molecule has 0 fully saturated rings. The van der Waals surface area contributed by atoms with E-state index in [1.54, 1.807) is 0 Å². The first-order chi connectivity index (χ1) is 18.8. The van der Waals surface area contributed by atoms with Crippen LogP contribution in [0.3, 0.4) is 0 Å². The Morgan fingerprint density at radius 1 is 0.395 bits per heavy atom. The van der Waals surface area contributed by atoms with Crippen LogP contribution in [0.5, 0.6) is 0 Å². The fourth-order valence-corrected chi connectivity index (χ4v) is 7.02. The Kier molecular flexibility index (Phi) is 4.76. The second kappa shape index (κ2) is 8.44. The molecule has 0 N–H and O–H groups in total. The maximum atomic E-state index is 2.46. The number of rotatable bonds is 3. The molecule has 0 unspecified atom stereocenters. The van der Waals surface area contributed by atoms with Crippen molar-refractivity contribution in [2.75, 3.05) is 0 Å². The summed E-state index contributed by atoms with van der Waals surface area (Å²) in [5, 5.41) is 5.20. The number of hydrogen-bond acceptors (Lipinski definition) is 1. The largest absolute Gasteiger partial charge is 0.308 e. The van der Waals surface area contributed by atoms with Gasteiger partial charge in [0.15, 0.2) is 0 Å². The molecule has 0 saturated heterocycles. The van der Waals surface area contributed by atoms with Crippen LogP contribution in [0.2, 0.25) is 0 Å². The van der Waals surface area contributed by atoms with Crippen molar-refractivity contribution in [3.05, 3.63) is 140 Å². The third-order valence-electron chi connectivity index (χ3n) is 7.60. The Hall–Kier alpha value is -4.66. The number of benzene rings is 6. The average molecular weight is 502 g/mol. The topological polar surface area (TPSA) is 4.93 Å². The van der Waals surface area contributed by atoms with Gasteiger partial charge < -0.3 is 4.57 Å².